The lowest BCUT2D eigenvalue weighted by Crippen LogP contribution is -3.14. The minimum atomic E-state index is 0.725. The third-order valence-electron chi connectivity index (χ3n) is 3.33. The molecule has 0 spiro atoms. The second-order valence-corrected chi connectivity index (χ2v) is 5.35. The average molecular weight is 285 g/mol. The van der Waals surface area contributed by atoms with Gasteiger partial charge in [-0.15, -0.1) is 0 Å². The van der Waals surface area contributed by atoms with E-state index in [1.165, 1.54) is 6.54 Å². The van der Waals surface area contributed by atoms with Crippen LogP contribution < -0.4 is 10.2 Å². The van der Waals surface area contributed by atoms with Crippen molar-refractivity contribution in [3.8, 4) is 0 Å². The van der Waals surface area contributed by atoms with Gasteiger partial charge in [0.2, 0.25) is 0 Å². The monoisotopic (exact) mass is 284 g/mol. The fraction of sp³-hybridized carbons (Fsp3) is 0.462. The maximum atomic E-state index is 5.95. The van der Waals surface area contributed by atoms with Crippen LogP contribution in [0.2, 0.25) is 5.02 Å². The minimum absolute atomic E-state index is 0.725. The van der Waals surface area contributed by atoms with Crippen LogP contribution in [0, 0.1) is 0 Å². The van der Waals surface area contributed by atoms with Crippen LogP contribution >= 0.6 is 23.8 Å². The summed E-state index contributed by atoms with van der Waals surface area (Å²) in [5, 5.41) is 4.77. The normalized spacial score (nSPS) is 16.7. The van der Waals surface area contributed by atoms with E-state index in [9.17, 15) is 0 Å². The molecular formula is C13H19ClN3S+. The van der Waals surface area contributed by atoms with Gasteiger partial charge in [-0.2, -0.15) is 0 Å². The lowest BCUT2D eigenvalue weighted by molar-refractivity contribution is -0.902. The molecular weight excluding hydrogens is 266 g/mol. The highest BCUT2D eigenvalue weighted by Crippen LogP contribution is 2.15. The molecule has 18 heavy (non-hydrogen) atoms. The lowest BCUT2D eigenvalue weighted by atomic mass is 10.3. The van der Waals surface area contributed by atoms with Gasteiger partial charge in [0, 0.05) is 10.7 Å². The van der Waals surface area contributed by atoms with Crippen molar-refractivity contribution in [3.05, 3.63) is 29.3 Å². The van der Waals surface area contributed by atoms with Gasteiger partial charge in [0.05, 0.1) is 32.7 Å². The van der Waals surface area contributed by atoms with Crippen molar-refractivity contribution in [1.29, 1.82) is 0 Å². The Balaban J connectivity index is 1.89. The number of hydrogen-bond donors (Lipinski definition) is 2. The summed E-state index contributed by atoms with van der Waals surface area (Å²) in [4.78, 5) is 3.88. The average Bonchev–Trinajstić information content (AvgIpc) is 2.39. The summed E-state index contributed by atoms with van der Waals surface area (Å²) >= 11 is 11.4. The molecule has 1 aliphatic rings. The number of quaternary nitrogens is 1. The summed E-state index contributed by atoms with van der Waals surface area (Å²) in [6.07, 6.45) is 0. The van der Waals surface area contributed by atoms with Crippen molar-refractivity contribution < 1.29 is 4.90 Å². The molecule has 1 saturated heterocycles. The van der Waals surface area contributed by atoms with Gasteiger partial charge < -0.3 is 15.1 Å². The van der Waals surface area contributed by atoms with Gasteiger partial charge in [-0.1, -0.05) is 17.7 Å². The van der Waals surface area contributed by atoms with Crippen molar-refractivity contribution in [1.82, 2.24) is 4.90 Å². The number of halogens is 1. The van der Waals surface area contributed by atoms with Crippen molar-refractivity contribution in [2.24, 2.45) is 0 Å². The molecule has 1 heterocycles. The second kappa shape index (κ2) is 6.36. The molecule has 0 aromatic heterocycles. The van der Waals surface area contributed by atoms with Gasteiger partial charge in [-0.3, -0.25) is 0 Å². The molecule has 5 heteroatoms. The highest BCUT2D eigenvalue weighted by Gasteiger charge is 2.20. The fourth-order valence-corrected chi connectivity index (χ4v) is 2.64. The molecule has 1 aliphatic heterocycles. The van der Waals surface area contributed by atoms with E-state index in [1.54, 1.807) is 4.90 Å². The van der Waals surface area contributed by atoms with E-state index in [1.807, 2.05) is 24.3 Å². The molecule has 3 nitrogen and oxygen atoms in total. The molecule has 0 saturated carbocycles. The zero-order valence-corrected chi connectivity index (χ0v) is 12.2. The zero-order chi connectivity index (χ0) is 13.0. The van der Waals surface area contributed by atoms with Gasteiger partial charge in [0.1, 0.15) is 0 Å². The Morgan fingerprint density at radius 2 is 2.17 bits per heavy atom. The summed E-state index contributed by atoms with van der Waals surface area (Å²) in [6.45, 7) is 7.79. The molecule has 2 rings (SSSR count). The van der Waals surface area contributed by atoms with Crippen LogP contribution in [0.4, 0.5) is 5.69 Å². The van der Waals surface area contributed by atoms with E-state index in [4.69, 9.17) is 23.8 Å². The van der Waals surface area contributed by atoms with Crippen LogP contribution in [0.3, 0.4) is 0 Å². The topological polar surface area (TPSA) is 19.7 Å². The molecule has 1 fully saturated rings. The van der Waals surface area contributed by atoms with Crippen LogP contribution in [0.25, 0.3) is 0 Å². The van der Waals surface area contributed by atoms with Gasteiger partial charge in [0.15, 0.2) is 5.11 Å². The number of hydrogen-bond acceptors (Lipinski definition) is 1. The summed E-state index contributed by atoms with van der Waals surface area (Å²) < 4.78 is 0. The molecule has 2 N–H and O–H groups in total. The molecule has 0 amide bonds. The molecule has 1 aromatic rings. The summed E-state index contributed by atoms with van der Waals surface area (Å²) in [6, 6.07) is 7.65. The molecule has 0 atom stereocenters. The molecule has 0 bridgehead atoms. The highest BCUT2D eigenvalue weighted by molar-refractivity contribution is 7.80. The number of benzene rings is 1. The smallest absolute Gasteiger partial charge is 0.173 e. The quantitative estimate of drug-likeness (QED) is 0.798. The van der Waals surface area contributed by atoms with Gasteiger partial charge >= 0.3 is 0 Å². The Morgan fingerprint density at radius 3 is 2.78 bits per heavy atom. The van der Waals surface area contributed by atoms with Crippen LogP contribution in [0.15, 0.2) is 24.3 Å². The van der Waals surface area contributed by atoms with E-state index >= 15 is 0 Å². The molecule has 0 radical (unpaired) electrons. The Morgan fingerprint density at radius 1 is 1.44 bits per heavy atom. The number of nitrogens with zero attached hydrogens (tertiary/aromatic N) is 1. The van der Waals surface area contributed by atoms with E-state index in [2.05, 4.69) is 17.1 Å². The maximum Gasteiger partial charge on any atom is 0.173 e. The summed E-state index contributed by atoms with van der Waals surface area (Å²) in [5.74, 6) is 0. The maximum absolute atomic E-state index is 5.95. The van der Waals surface area contributed by atoms with Crippen molar-refractivity contribution >= 4 is 34.6 Å². The number of rotatable bonds is 2. The summed E-state index contributed by atoms with van der Waals surface area (Å²) in [7, 11) is 0. The third-order valence-corrected chi connectivity index (χ3v) is 3.93. The van der Waals surface area contributed by atoms with Crippen molar-refractivity contribution in [2.75, 3.05) is 38.0 Å². The minimum Gasteiger partial charge on any atom is -0.338 e. The first kappa shape index (κ1) is 13.6. The third kappa shape index (κ3) is 3.57. The summed E-state index contributed by atoms with van der Waals surface area (Å²) in [5.41, 5.74) is 0.956. The SMILES string of the molecule is CC[NH+]1CCN(C(=S)Nc2cccc(Cl)c2)CC1. The van der Waals surface area contributed by atoms with Gasteiger partial charge in [-0.25, -0.2) is 0 Å². The van der Waals surface area contributed by atoms with E-state index in [-0.39, 0.29) is 0 Å². The first-order chi connectivity index (χ1) is 8.69. The number of piperazine rings is 1. The predicted molar refractivity (Wildman–Crippen MR) is 80.5 cm³/mol. The van der Waals surface area contributed by atoms with Crippen LogP contribution in [0.5, 0.6) is 0 Å². The van der Waals surface area contributed by atoms with Crippen LogP contribution in [-0.2, 0) is 0 Å². The second-order valence-electron chi connectivity index (χ2n) is 4.53. The molecule has 0 unspecified atom stereocenters. The molecule has 1 aromatic carbocycles. The Kier molecular flexibility index (Phi) is 4.80. The molecule has 0 aliphatic carbocycles. The number of thiocarbonyl (C=S) groups is 1. The lowest BCUT2D eigenvalue weighted by Gasteiger charge is -2.33. The molecule has 98 valence electrons. The number of likely N-dealkylation sites (N-methyl/N-ethyl adjacent to an activating group) is 1. The predicted octanol–water partition coefficient (Wildman–Crippen LogP) is 1.26. The largest absolute Gasteiger partial charge is 0.338 e. The first-order valence-electron chi connectivity index (χ1n) is 6.34. The highest BCUT2D eigenvalue weighted by atomic mass is 35.5. The van der Waals surface area contributed by atoms with E-state index < -0.39 is 0 Å². The van der Waals surface area contributed by atoms with Gasteiger partial charge in [0.25, 0.3) is 0 Å². The number of nitrogens with one attached hydrogen (secondary N) is 2. The van der Waals surface area contributed by atoms with Crippen molar-refractivity contribution in [3.63, 3.8) is 0 Å². The zero-order valence-electron chi connectivity index (χ0n) is 10.6. The van der Waals surface area contributed by atoms with Crippen LogP contribution in [-0.4, -0.2) is 42.7 Å². The Bertz CT molecular complexity index is 416. The fourth-order valence-electron chi connectivity index (χ4n) is 2.15. The van der Waals surface area contributed by atoms with E-state index in [0.717, 1.165) is 42.0 Å². The van der Waals surface area contributed by atoms with E-state index in [0.29, 0.717) is 0 Å². The van der Waals surface area contributed by atoms with Gasteiger partial charge in [-0.05, 0) is 37.3 Å². The Hall–Kier alpha value is -0.840. The standard InChI is InChI=1S/C13H18ClN3S/c1-2-16-6-8-17(9-7-16)13(18)15-12-5-3-4-11(14)10-12/h3-5,10H,2,6-9H2,1H3,(H,15,18)/p+1. The van der Waals surface area contributed by atoms with Crippen LogP contribution in [0.1, 0.15) is 6.92 Å². The number of anilines is 1. The van der Waals surface area contributed by atoms with Crippen molar-refractivity contribution in [2.45, 2.75) is 6.92 Å². The first-order valence-corrected chi connectivity index (χ1v) is 7.12. The Labute approximate surface area is 119 Å².